The lowest BCUT2D eigenvalue weighted by molar-refractivity contribution is 0.0523. The normalized spacial score (nSPS) is 11.6. The fraction of sp³-hybridized carbons (Fsp3) is 0.233. The maximum atomic E-state index is 14.3. The number of hydrogen-bond donors (Lipinski definition) is 3. The lowest BCUT2D eigenvalue weighted by Crippen LogP contribution is -2.39. The highest BCUT2D eigenvalue weighted by Gasteiger charge is 2.23. The van der Waals surface area contributed by atoms with Gasteiger partial charge in [-0.05, 0) is 93.3 Å². The van der Waals surface area contributed by atoms with Crippen LogP contribution in [0.2, 0.25) is 5.02 Å². The van der Waals surface area contributed by atoms with Crippen molar-refractivity contribution in [2.75, 3.05) is 18.0 Å². The Morgan fingerprint density at radius 1 is 0.815 bits per heavy atom. The number of amides is 4. The predicted molar refractivity (Wildman–Crippen MR) is 211 cm³/mol. The van der Waals surface area contributed by atoms with Crippen molar-refractivity contribution in [2.24, 2.45) is 0 Å². The minimum absolute atomic E-state index is 0.206. The van der Waals surface area contributed by atoms with Crippen LogP contribution in [0.5, 0.6) is 11.5 Å². The van der Waals surface area contributed by atoms with Gasteiger partial charge in [-0.1, -0.05) is 84.4 Å². The molecule has 0 aromatic heterocycles. The molecule has 0 spiro atoms. The highest BCUT2D eigenvalue weighted by molar-refractivity contribution is 6.30. The maximum absolute atomic E-state index is 14.3. The minimum Gasteiger partial charge on any atom is -0.455 e. The molecule has 54 heavy (non-hydrogen) atoms. The molecule has 0 aliphatic carbocycles. The second-order valence-electron chi connectivity index (χ2n) is 13.6. The first-order valence-corrected chi connectivity index (χ1v) is 18.0. The minimum atomic E-state index is -0.630. The van der Waals surface area contributed by atoms with Gasteiger partial charge >= 0.3 is 12.1 Å². The Morgan fingerprint density at radius 2 is 1.52 bits per heavy atom. The number of alkyl carbamates (subject to hydrolysis) is 1. The zero-order valence-corrected chi connectivity index (χ0v) is 31.5. The second-order valence-corrected chi connectivity index (χ2v) is 14.1. The summed E-state index contributed by atoms with van der Waals surface area (Å²) in [5, 5.41) is 8.72. The summed E-state index contributed by atoms with van der Waals surface area (Å²) in [4.78, 5) is 40.9. The van der Waals surface area contributed by atoms with E-state index in [2.05, 4.69) is 16.0 Å². The fourth-order valence-electron chi connectivity index (χ4n) is 5.64. The summed E-state index contributed by atoms with van der Waals surface area (Å²) in [6, 6.07) is 34.7. The van der Waals surface area contributed by atoms with Gasteiger partial charge in [0.15, 0.2) is 5.75 Å². The Kier molecular flexibility index (Phi) is 13.3. The number of nitrogens with one attached hydrogen (secondary N) is 3. The Labute approximate surface area is 320 Å². The number of benzene rings is 5. The molecule has 0 radical (unpaired) electrons. The molecule has 4 amide bonds. The van der Waals surface area contributed by atoms with Gasteiger partial charge in [0, 0.05) is 41.9 Å². The van der Waals surface area contributed by atoms with Crippen molar-refractivity contribution in [3.8, 4) is 22.6 Å². The fourth-order valence-corrected chi connectivity index (χ4v) is 5.80. The van der Waals surface area contributed by atoms with E-state index in [-0.39, 0.29) is 25.5 Å². The van der Waals surface area contributed by atoms with Gasteiger partial charge in [0.2, 0.25) is 0 Å². The molecular weight excluding hydrogens is 707 g/mol. The van der Waals surface area contributed by atoms with Gasteiger partial charge in [0.25, 0.3) is 5.91 Å². The van der Waals surface area contributed by atoms with Gasteiger partial charge in [-0.15, -0.1) is 0 Å². The van der Waals surface area contributed by atoms with E-state index in [0.717, 1.165) is 16.7 Å². The SMILES string of the molecule is CC(NC(=O)NCCCN(C(=O)c1ccc(-c2ccccc2)cc1)c1ccc(Cl)cc1Oc1cccc(CNC(=O)OC(C)(C)C)c1)c1ccccc1F. The van der Waals surface area contributed by atoms with Gasteiger partial charge in [-0.25, -0.2) is 14.0 Å². The largest absolute Gasteiger partial charge is 0.455 e. The van der Waals surface area contributed by atoms with Gasteiger partial charge in [-0.2, -0.15) is 0 Å². The van der Waals surface area contributed by atoms with E-state index >= 15 is 0 Å². The van der Waals surface area contributed by atoms with Crippen molar-refractivity contribution in [3.63, 3.8) is 0 Å². The smallest absolute Gasteiger partial charge is 0.407 e. The standard InChI is InChI=1S/C43H44ClFN4O5/c1-29(36-16-8-9-17-37(36)45)48-41(51)46-24-11-25-49(40(50)33-20-18-32(19-21-33)31-13-6-5-7-14-31)38-23-22-34(44)27-39(38)53-35-15-10-12-30(26-35)28-47-42(52)54-43(2,3)4/h5-10,12-23,26-27,29H,11,24-25,28H2,1-4H3,(H,47,52)(H2,46,48,51). The van der Waals surface area contributed by atoms with Crippen LogP contribution < -0.4 is 25.6 Å². The van der Waals surface area contributed by atoms with Crippen LogP contribution in [0, 0.1) is 5.82 Å². The average Bonchev–Trinajstić information content (AvgIpc) is 3.14. The summed E-state index contributed by atoms with van der Waals surface area (Å²) in [7, 11) is 0. The number of carbonyl (C=O) groups excluding carboxylic acids is 3. The first kappa shape index (κ1) is 39.3. The lowest BCUT2D eigenvalue weighted by atomic mass is 10.0. The molecule has 9 nitrogen and oxygen atoms in total. The van der Waals surface area contributed by atoms with E-state index in [0.29, 0.717) is 39.8 Å². The van der Waals surface area contributed by atoms with E-state index in [1.807, 2.05) is 48.5 Å². The average molecular weight is 751 g/mol. The highest BCUT2D eigenvalue weighted by Crippen LogP contribution is 2.36. The molecule has 0 bridgehead atoms. The van der Waals surface area contributed by atoms with Crippen LogP contribution >= 0.6 is 11.6 Å². The first-order valence-electron chi connectivity index (χ1n) is 17.7. The van der Waals surface area contributed by atoms with Crippen molar-refractivity contribution in [1.82, 2.24) is 16.0 Å². The van der Waals surface area contributed by atoms with Crippen LogP contribution in [0.25, 0.3) is 11.1 Å². The molecule has 5 aromatic rings. The number of carbonyl (C=O) groups is 3. The number of anilines is 1. The molecule has 1 atom stereocenters. The Hall–Kier alpha value is -5.87. The topological polar surface area (TPSA) is 109 Å². The molecule has 0 saturated heterocycles. The summed E-state index contributed by atoms with van der Waals surface area (Å²) in [6.45, 7) is 7.72. The van der Waals surface area contributed by atoms with Crippen LogP contribution in [0.3, 0.4) is 0 Å². The Morgan fingerprint density at radius 3 is 2.24 bits per heavy atom. The molecule has 11 heteroatoms. The number of halogens is 2. The molecule has 5 aromatic carbocycles. The highest BCUT2D eigenvalue weighted by atomic mass is 35.5. The van der Waals surface area contributed by atoms with Gasteiger partial charge in [0.1, 0.15) is 17.2 Å². The third-order valence-corrected chi connectivity index (χ3v) is 8.46. The molecule has 0 fully saturated rings. The van der Waals surface area contributed by atoms with Crippen molar-refractivity contribution in [2.45, 2.75) is 52.3 Å². The van der Waals surface area contributed by atoms with Crippen LogP contribution in [-0.2, 0) is 11.3 Å². The third kappa shape index (κ3) is 11.3. The van der Waals surface area contributed by atoms with E-state index < -0.39 is 29.6 Å². The molecule has 0 aliphatic rings. The van der Waals surface area contributed by atoms with Crippen molar-refractivity contribution in [3.05, 3.63) is 149 Å². The molecular formula is C43H44ClFN4O5. The molecule has 1 unspecified atom stereocenters. The monoisotopic (exact) mass is 750 g/mol. The molecule has 280 valence electrons. The van der Waals surface area contributed by atoms with E-state index in [1.54, 1.807) is 99.3 Å². The summed E-state index contributed by atoms with van der Waals surface area (Å²) >= 11 is 6.46. The van der Waals surface area contributed by atoms with Crippen LogP contribution in [0.1, 0.15) is 61.6 Å². The summed E-state index contributed by atoms with van der Waals surface area (Å²) in [5.74, 6) is 0.110. The van der Waals surface area contributed by atoms with Crippen LogP contribution in [0.15, 0.2) is 121 Å². The number of nitrogens with zero attached hydrogens (tertiary/aromatic N) is 1. The van der Waals surface area contributed by atoms with E-state index in [1.165, 1.54) is 6.07 Å². The summed E-state index contributed by atoms with van der Waals surface area (Å²) < 4.78 is 26.0. The predicted octanol–water partition coefficient (Wildman–Crippen LogP) is 10.1. The Balaban J connectivity index is 1.34. The van der Waals surface area contributed by atoms with Crippen molar-refractivity contribution in [1.29, 1.82) is 0 Å². The zero-order valence-electron chi connectivity index (χ0n) is 30.7. The molecule has 3 N–H and O–H groups in total. The molecule has 0 heterocycles. The quantitative estimate of drug-likeness (QED) is 0.104. The van der Waals surface area contributed by atoms with Crippen molar-refractivity contribution < 1.29 is 28.2 Å². The van der Waals surface area contributed by atoms with Crippen molar-refractivity contribution >= 4 is 35.3 Å². The lowest BCUT2D eigenvalue weighted by Gasteiger charge is -2.26. The van der Waals surface area contributed by atoms with Crippen LogP contribution in [0.4, 0.5) is 19.7 Å². The third-order valence-electron chi connectivity index (χ3n) is 8.22. The number of rotatable bonds is 13. The first-order chi connectivity index (χ1) is 25.9. The molecule has 0 aliphatic heterocycles. The van der Waals surface area contributed by atoms with E-state index in [4.69, 9.17) is 21.1 Å². The van der Waals surface area contributed by atoms with Crippen LogP contribution in [-0.4, -0.2) is 36.7 Å². The summed E-state index contributed by atoms with van der Waals surface area (Å²) in [5.41, 5.74) is 3.43. The Bertz CT molecular complexity index is 2050. The second kappa shape index (κ2) is 18.3. The number of ether oxygens (including phenoxy) is 2. The molecule has 0 saturated carbocycles. The molecule has 5 rings (SSSR count). The zero-order chi connectivity index (χ0) is 38.7. The number of hydrogen-bond acceptors (Lipinski definition) is 5. The summed E-state index contributed by atoms with van der Waals surface area (Å²) in [6.07, 6.45) is -0.160. The maximum Gasteiger partial charge on any atom is 0.407 e. The van der Waals surface area contributed by atoms with E-state index in [9.17, 15) is 18.8 Å². The van der Waals surface area contributed by atoms with Gasteiger partial charge < -0.3 is 30.3 Å². The van der Waals surface area contributed by atoms with Gasteiger partial charge in [-0.3, -0.25) is 4.79 Å². The van der Waals surface area contributed by atoms with Gasteiger partial charge in [0.05, 0.1) is 11.7 Å². The number of urea groups is 1.